The summed E-state index contributed by atoms with van der Waals surface area (Å²) < 4.78 is 61.9. The maximum absolute atomic E-state index is 14.5. The van der Waals surface area contributed by atoms with Crippen LogP contribution >= 0.6 is 0 Å². The highest BCUT2D eigenvalue weighted by molar-refractivity contribution is 5.20. The van der Waals surface area contributed by atoms with E-state index in [1.807, 2.05) is 0 Å². The Bertz CT molecular complexity index is 1080. The second kappa shape index (κ2) is 7.53. The molecule has 2 aromatic carbocycles. The number of benzene rings is 2. The van der Waals surface area contributed by atoms with Crippen LogP contribution < -0.4 is 17.2 Å². The number of hydrogen-bond acceptors (Lipinski definition) is 4. The predicted molar refractivity (Wildman–Crippen MR) is 94.2 cm³/mol. The van der Waals surface area contributed by atoms with Crippen molar-refractivity contribution in [2.24, 2.45) is 0 Å². The fourth-order valence-corrected chi connectivity index (χ4v) is 2.69. The Kier molecular flexibility index (Phi) is 5.27. The molecule has 3 aromatic rings. The van der Waals surface area contributed by atoms with Crippen LogP contribution in [0, 0.1) is 0 Å². The summed E-state index contributed by atoms with van der Waals surface area (Å²) in [4.78, 5) is 36.1. The van der Waals surface area contributed by atoms with Crippen molar-refractivity contribution in [2.45, 2.75) is 24.9 Å². The molecular weight excluding hydrogens is 396 g/mol. The van der Waals surface area contributed by atoms with Crippen LogP contribution in [0.15, 0.2) is 79.5 Å². The number of aromatic nitrogens is 2. The van der Waals surface area contributed by atoms with E-state index < -0.39 is 53.3 Å². The van der Waals surface area contributed by atoms with Gasteiger partial charge in [-0.15, -0.1) is 0 Å². The fourth-order valence-electron chi connectivity index (χ4n) is 2.69. The standard InChI is InChI=1S/C19H14F4N2O4/c20-18(21,13-7-3-1-4-8-13)11-24-15(26)25(17(28)29-16(24)27)12-19(22,23)14-9-5-2-6-10-14/h1-10H,11-12H2. The fraction of sp³-hybridized carbons (Fsp3) is 0.211. The quantitative estimate of drug-likeness (QED) is 0.586. The molecule has 0 unspecified atom stereocenters. The molecule has 6 nitrogen and oxygen atoms in total. The highest BCUT2D eigenvalue weighted by Gasteiger charge is 2.37. The molecule has 0 saturated heterocycles. The zero-order valence-electron chi connectivity index (χ0n) is 14.7. The summed E-state index contributed by atoms with van der Waals surface area (Å²) in [6.45, 7) is -2.95. The SMILES string of the molecule is O=c1oc(=O)n(CC(F)(F)c2ccccc2)c(=O)n1CC(F)(F)c1ccccc1. The molecular formula is C19H14F4N2O4. The number of rotatable bonds is 6. The molecule has 3 rings (SSSR count). The minimum absolute atomic E-state index is 0.0739. The van der Waals surface area contributed by atoms with Crippen LogP contribution in [0.1, 0.15) is 11.1 Å². The molecule has 0 fully saturated rings. The van der Waals surface area contributed by atoms with Gasteiger partial charge >= 0.3 is 17.2 Å². The first-order valence-corrected chi connectivity index (χ1v) is 8.33. The molecule has 0 aliphatic carbocycles. The van der Waals surface area contributed by atoms with Gasteiger partial charge in [-0.1, -0.05) is 60.7 Å². The highest BCUT2D eigenvalue weighted by atomic mass is 19.3. The molecule has 0 atom stereocenters. The van der Waals surface area contributed by atoms with Gasteiger partial charge in [0.1, 0.15) is 13.1 Å². The molecule has 0 radical (unpaired) electrons. The molecule has 29 heavy (non-hydrogen) atoms. The number of nitrogens with zero attached hydrogens (tertiary/aromatic N) is 2. The van der Waals surface area contributed by atoms with Crippen LogP contribution in [0.4, 0.5) is 17.6 Å². The second-order valence-electron chi connectivity index (χ2n) is 6.23. The molecule has 152 valence electrons. The lowest BCUT2D eigenvalue weighted by Gasteiger charge is -2.19. The molecule has 0 bridgehead atoms. The summed E-state index contributed by atoms with van der Waals surface area (Å²) >= 11 is 0. The topological polar surface area (TPSA) is 74.2 Å². The van der Waals surface area contributed by atoms with Gasteiger partial charge in [0.15, 0.2) is 0 Å². The summed E-state index contributed by atoms with van der Waals surface area (Å²) in [5.41, 5.74) is -2.62. The molecule has 0 aliphatic rings. The Labute approximate surface area is 160 Å². The summed E-state index contributed by atoms with van der Waals surface area (Å²) in [5.74, 6) is -10.7. The maximum atomic E-state index is 14.5. The molecule has 0 aliphatic heterocycles. The largest absolute Gasteiger partial charge is 0.427 e. The van der Waals surface area contributed by atoms with E-state index in [4.69, 9.17) is 0 Å². The van der Waals surface area contributed by atoms with Crippen LogP contribution in [-0.2, 0) is 24.9 Å². The van der Waals surface area contributed by atoms with Crippen LogP contribution in [0.25, 0.3) is 0 Å². The van der Waals surface area contributed by atoms with Crippen molar-refractivity contribution in [3.05, 3.63) is 103 Å². The Balaban J connectivity index is 2.03. The minimum atomic E-state index is -3.69. The second-order valence-corrected chi connectivity index (χ2v) is 6.23. The van der Waals surface area contributed by atoms with Gasteiger partial charge in [0.25, 0.3) is 11.8 Å². The van der Waals surface area contributed by atoms with E-state index >= 15 is 0 Å². The van der Waals surface area contributed by atoms with Crippen molar-refractivity contribution in [1.29, 1.82) is 0 Å². The van der Waals surface area contributed by atoms with Gasteiger partial charge in [-0.2, -0.15) is 17.6 Å². The average molecular weight is 410 g/mol. The third-order valence-corrected chi connectivity index (χ3v) is 4.18. The first-order chi connectivity index (χ1) is 13.6. The summed E-state index contributed by atoms with van der Waals surface area (Å²) in [7, 11) is 0. The first kappa shape index (κ1) is 20.3. The summed E-state index contributed by atoms with van der Waals surface area (Å²) in [6.07, 6.45) is 0. The number of halogens is 4. The number of hydrogen-bond donors (Lipinski definition) is 0. The van der Waals surface area contributed by atoms with Gasteiger partial charge in [-0.25, -0.2) is 23.5 Å². The highest BCUT2D eigenvalue weighted by Crippen LogP contribution is 2.30. The van der Waals surface area contributed by atoms with E-state index in [9.17, 15) is 31.9 Å². The maximum Gasteiger partial charge on any atom is 0.427 e. The third kappa shape index (κ3) is 4.20. The van der Waals surface area contributed by atoms with E-state index in [1.54, 1.807) is 0 Å². The van der Waals surface area contributed by atoms with Gasteiger partial charge in [0.2, 0.25) is 0 Å². The van der Waals surface area contributed by atoms with Crippen molar-refractivity contribution >= 4 is 0 Å². The van der Waals surface area contributed by atoms with Crippen LogP contribution in [0.5, 0.6) is 0 Å². The van der Waals surface area contributed by atoms with Crippen molar-refractivity contribution in [1.82, 2.24) is 9.13 Å². The zero-order valence-corrected chi connectivity index (χ0v) is 14.7. The molecule has 0 N–H and O–H groups in total. The van der Waals surface area contributed by atoms with E-state index in [0.717, 1.165) is 24.3 Å². The van der Waals surface area contributed by atoms with E-state index in [-0.39, 0.29) is 9.13 Å². The minimum Gasteiger partial charge on any atom is -0.358 e. The molecule has 0 saturated carbocycles. The van der Waals surface area contributed by atoms with Crippen molar-refractivity contribution in [2.75, 3.05) is 0 Å². The molecule has 0 amide bonds. The third-order valence-electron chi connectivity index (χ3n) is 4.18. The van der Waals surface area contributed by atoms with Crippen molar-refractivity contribution < 1.29 is 22.0 Å². The zero-order chi connectivity index (χ0) is 21.2. The smallest absolute Gasteiger partial charge is 0.358 e. The van der Waals surface area contributed by atoms with Crippen molar-refractivity contribution in [3.63, 3.8) is 0 Å². The summed E-state index contributed by atoms with van der Waals surface area (Å²) in [5, 5.41) is 0. The normalized spacial score (nSPS) is 12.1. The van der Waals surface area contributed by atoms with Gasteiger partial charge in [0, 0.05) is 11.1 Å². The van der Waals surface area contributed by atoms with E-state index in [0.29, 0.717) is 0 Å². The van der Waals surface area contributed by atoms with Crippen LogP contribution in [0.2, 0.25) is 0 Å². The Morgan fingerprint density at radius 3 is 1.34 bits per heavy atom. The van der Waals surface area contributed by atoms with Gasteiger partial charge in [-0.05, 0) is 0 Å². The molecule has 1 heterocycles. The van der Waals surface area contributed by atoms with E-state index in [2.05, 4.69) is 4.42 Å². The monoisotopic (exact) mass is 410 g/mol. The van der Waals surface area contributed by atoms with Crippen LogP contribution in [-0.4, -0.2) is 9.13 Å². The average Bonchev–Trinajstić information content (AvgIpc) is 2.70. The molecule has 1 aromatic heterocycles. The number of alkyl halides is 4. The van der Waals surface area contributed by atoms with Crippen LogP contribution in [0.3, 0.4) is 0 Å². The lowest BCUT2D eigenvalue weighted by molar-refractivity contribution is -0.0356. The van der Waals surface area contributed by atoms with Gasteiger partial charge in [0.05, 0.1) is 0 Å². The summed E-state index contributed by atoms with van der Waals surface area (Å²) in [6, 6.07) is 12.6. The Morgan fingerprint density at radius 2 is 1.00 bits per heavy atom. The van der Waals surface area contributed by atoms with Gasteiger partial charge < -0.3 is 4.42 Å². The molecule has 0 spiro atoms. The first-order valence-electron chi connectivity index (χ1n) is 8.33. The lowest BCUT2D eigenvalue weighted by atomic mass is 10.1. The molecule has 10 heteroatoms. The Morgan fingerprint density at radius 1 is 0.655 bits per heavy atom. The van der Waals surface area contributed by atoms with E-state index in [1.165, 1.54) is 36.4 Å². The predicted octanol–water partition coefficient (Wildman–Crippen LogP) is 2.55. The Hall–Kier alpha value is -3.43. The van der Waals surface area contributed by atoms with Gasteiger partial charge in [-0.3, -0.25) is 0 Å². The van der Waals surface area contributed by atoms with Crippen molar-refractivity contribution in [3.8, 4) is 0 Å². The lowest BCUT2D eigenvalue weighted by Crippen LogP contribution is -2.50.